The molecule has 3 heterocycles. The molecule has 36 heavy (non-hydrogen) atoms. The fourth-order valence-corrected chi connectivity index (χ4v) is 5.19. The average molecular weight is 524 g/mol. The Morgan fingerprint density at radius 1 is 1.11 bits per heavy atom. The number of nitrogens with zero attached hydrogens (tertiary/aromatic N) is 3. The van der Waals surface area contributed by atoms with Crippen LogP contribution in [0.25, 0.3) is 10.8 Å². The highest BCUT2D eigenvalue weighted by Crippen LogP contribution is 2.32. The lowest BCUT2D eigenvalue weighted by Crippen LogP contribution is -2.21. The Kier molecular flexibility index (Phi) is 7.41. The van der Waals surface area contributed by atoms with Gasteiger partial charge in [-0.3, -0.25) is 4.79 Å². The molecular formula is C27H27Cl2N5O2. The zero-order valence-corrected chi connectivity index (χ0v) is 21.5. The molecule has 0 radical (unpaired) electrons. The Morgan fingerprint density at radius 2 is 1.89 bits per heavy atom. The van der Waals surface area contributed by atoms with Crippen molar-refractivity contribution in [2.75, 3.05) is 32.1 Å². The molecule has 1 saturated heterocycles. The summed E-state index contributed by atoms with van der Waals surface area (Å²) in [6, 6.07) is 13.3. The van der Waals surface area contributed by atoms with Crippen LogP contribution in [-0.4, -0.2) is 46.8 Å². The number of fused-ring (bicyclic) bond motifs is 1. The number of hydrogen-bond acceptors (Lipinski definition) is 6. The van der Waals surface area contributed by atoms with Crippen molar-refractivity contribution in [3.63, 3.8) is 0 Å². The van der Waals surface area contributed by atoms with Crippen molar-refractivity contribution >= 4 is 45.5 Å². The minimum Gasteiger partial charge on any atom is -0.495 e. The Balaban J connectivity index is 1.48. The molecule has 2 aromatic carbocycles. The molecule has 186 valence electrons. The fraction of sp³-hybridized carbons (Fsp3) is 0.296. The van der Waals surface area contributed by atoms with E-state index in [9.17, 15) is 4.79 Å². The van der Waals surface area contributed by atoms with Crippen LogP contribution in [0.3, 0.4) is 0 Å². The number of rotatable bonds is 8. The number of pyridine rings is 1. The SMILES string of the molecule is COc1cc(CCN2CCCC2)ccc1Nc1nc(Cc2c(Cl)cccc2Cl)cc2cn[nH]c(=O)c12. The van der Waals surface area contributed by atoms with Gasteiger partial charge in [-0.25, -0.2) is 10.1 Å². The first kappa shape index (κ1) is 24.6. The van der Waals surface area contributed by atoms with Gasteiger partial charge < -0.3 is 15.0 Å². The van der Waals surface area contributed by atoms with Crippen molar-refractivity contribution in [3.05, 3.63) is 85.9 Å². The van der Waals surface area contributed by atoms with E-state index in [4.69, 9.17) is 32.9 Å². The van der Waals surface area contributed by atoms with Crippen molar-refractivity contribution < 1.29 is 4.74 Å². The molecule has 0 amide bonds. The monoisotopic (exact) mass is 523 g/mol. The zero-order valence-electron chi connectivity index (χ0n) is 20.0. The van der Waals surface area contributed by atoms with Crippen LogP contribution in [-0.2, 0) is 12.8 Å². The quantitative estimate of drug-likeness (QED) is 0.312. The van der Waals surface area contributed by atoms with Gasteiger partial charge in [-0.05, 0) is 73.8 Å². The minimum absolute atomic E-state index is 0.328. The summed E-state index contributed by atoms with van der Waals surface area (Å²) in [4.78, 5) is 20.0. The third-order valence-electron chi connectivity index (χ3n) is 6.55. The first-order valence-corrected chi connectivity index (χ1v) is 12.7. The molecule has 5 rings (SSSR count). The van der Waals surface area contributed by atoms with Crippen molar-refractivity contribution in [2.45, 2.75) is 25.7 Å². The molecule has 0 atom stereocenters. The van der Waals surface area contributed by atoms with Crippen LogP contribution in [0.2, 0.25) is 10.0 Å². The number of aromatic nitrogens is 3. The maximum absolute atomic E-state index is 12.7. The number of aromatic amines is 1. The smallest absolute Gasteiger partial charge is 0.275 e. The Morgan fingerprint density at radius 3 is 2.64 bits per heavy atom. The topological polar surface area (TPSA) is 83.1 Å². The molecule has 0 unspecified atom stereocenters. The lowest BCUT2D eigenvalue weighted by molar-refractivity contribution is 0.343. The summed E-state index contributed by atoms with van der Waals surface area (Å²) in [5, 5.41) is 12.0. The van der Waals surface area contributed by atoms with E-state index < -0.39 is 0 Å². The van der Waals surface area contributed by atoms with Gasteiger partial charge in [-0.15, -0.1) is 0 Å². The van der Waals surface area contributed by atoms with Crippen LogP contribution in [0.15, 0.2) is 53.5 Å². The number of likely N-dealkylation sites (tertiary alicyclic amines) is 1. The third kappa shape index (κ3) is 5.33. The molecule has 4 aromatic rings. The highest BCUT2D eigenvalue weighted by Gasteiger charge is 2.16. The normalized spacial score (nSPS) is 13.9. The maximum atomic E-state index is 12.7. The Hall–Kier alpha value is -3.13. The molecule has 2 aromatic heterocycles. The van der Waals surface area contributed by atoms with Crippen LogP contribution in [0.1, 0.15) is 29.7 Å². The molecular weight excluding hydrogens is 497 g/mol. The first-order valence-electron chi connectivity index (χ1n) is 12.0. The van der Waals surface area contributed by atoms with Gasteiger partial charge in [-0.1, -0.05) is 35.3 Å². The van der Waals surface area contributed by atoms with Crippen molar-refractivity contribution in [1.29, 1.82) is 0 Å². The molecule has 0 spiro atoms. The zero-order chi connectivity index (χ0) is 25.1. The second-order valence-corrected chi connectivity index (χ2v) is 9.78. The van der Waals surface area contributed by atoms with Crippen LogP contribution in [0.5, 0.6) is 5.75 Å². The molecule has 7 nitrogen and oxygen atoms in total. The second-order valence-electron chi connectivity index (χ2n) is 8.96. The predicted octanol–water partition coefficient (Wildman–Crippen LogP) is 5.61. The van der Waals surface area contributed by atoms with Gasteiger partial charge in [-0.2, -0.15) is 5.10 Å². The van der Waals surface area contributed by atoms with E-state index in [1.54, 1.807) is 31.5 Å². The number of nitrogens with one attached hydrogen (secondary N) is 2. The molecule has 2 N–H and O–H groups in total. The molecule has 0 saturated carbocycles. The van der Waals surface area contributed by atoms with E-state index in [0.717, 1.165) is 24.2 Å². The van der Waals surface area contributed by atoms with Crippen molar-refractivity contribution in [3.8, 4) is 5.75 Å². The summed E-state index contributed by atoms with van der Waals surface area (Å²) < 4.78 is 5.69. The van der Waals surface area contributed by atoms with Gasteiger partial charge in [0, 0.05) is 34.1 Å². The van der Waals surface area contributed by atoms with E-state index in [1.807, 2.05) is 18.2 Å². The first-order chi connectivity index (χ1) is 17.5. The lowest BCUT2D eigenvalue weighted by Gasteiger charge is -2.17. The van der Waals surface area contributed by atoms with Gasteiger partial charge in [0.05, 0.1) is 24.4 Å². The van der Waals surface area contributed by atoms with E-state index in [-0.39, 0.29) is 5.56 Å². The number of hydrogen-bond donors (Lipinski definition) is 2. The highest BCUT2D eigenvalue weighted by atomic mass is 35.5. The van der Waals surface area contributed by atoms with Crippen LogP contribution >= 0.6 is 23.2 Å². The summed E-state index contributed by atoms with van der Waals surface area (Å²) in [6.45, 7) is 3.39. The van der Waals surface area contributed by atoms with E-state index in [1.165, 1.54) is 31.5 Å². The minimum atomic E-state index is -0.328. The van der Waals surface area contributed by atoms with Gasteiger partial charge in [0.15, 0.2) is 0 Å². The van der Waals surface area contributed by atoms with Gasteiger partial charge in [0.1, 0.15) is 11.6 Å². The number of benzene rings is 2. The summed E-state index contributed by atoms with van der Waals surface area (Å²) in [7, 11) is 1.64. The summed E-state index contributed by atoms with van der Waals surface area (Å²) in [6.07, 6.45) is 5.53. The third-order valence-corrected chi connectivity index (χ3v) is 7.26. The number of ether oxygens (including phenoxy) is 1. The second kappa shape index (κ2) is 10.9. The van der Waals surface area contributed by atoms with Crippen molar-refractivity contribution in [1.82, 2.24) is 20.1 Å². The molecule has 1 aliphatic rings. The Bertz CT molecular complexity index is 1430. The van der Waals surface area contributed by atoms with Gasteiger partial charge >= 0.3 is 0 Å². The number of H-pyrrole nitrogens is 1. The summed E-state index contributed by atoms with van der Waals surface area (Å²) in [5.74, 6) is 1.10. The number of anilines is 2. The maximum Gasteiger partial charge on any atom is 0.275 e. The van der Waals surface area contributed by atoms with Gasteiger partial charge in [0.25, 0.3) is 5.56 Å². The number of halogens is 2. The van der Waals surface area contributed by atoms with Crippen LogP contribution in [0, 0.1) is 0 Å². The average Bonchev–Trinajstić information content (AvgIpc) is 3.39. The summed E-state index contributed by atoms with van der Waals surface area (Å²) in [5.41, 5.74) is 3.07. The molecule has 9 heteroatoms. The summed E-state index contributed by atoms with van der Waals surface area (Å²) >= 11 is 12.8. The highest BCUT2D eigenvalue weighted by molar-refractivity contribution is 6.36. The standard InChI is InChI=1S/C27H27Cl2N5O2/c1-36-24-13-17(9-12-34-10-2-3-11-34)7-8-23(24)32-26-25-18(16-30-33-27(25)35)14-19(31-26)15-20-21(28)5-4-6-22(20)29/h4-8,13-14,16H,2-3,9-12,15H2,1H3,(H,31,32)(H,33,35). The van der Waals surface area contributed by atoms with Gasteiger partial charge in [0.2, 0.25) is 0 Å². The lowest BCUT2D eigenvalue weighted by atomic mass is 10.1. The number of methoxy groups -OCH3 is 1. The van der Waals surface area contributed by atoms with Crippen LogP contribution < -0.4 is 15.6 Å². The molecule has 1 aliphatic heterocycles. The van der Waals surface area contributed by atoms with E-state index in [0.29, 0.717) is 44.5 Å². The largest absolute Gasteiger partial charge is 0.495 e. The molecule has 1 fully saturated rings. The van der Waals surface area contributed by atoms with E-state index >= 15 is 0 Å². The Labute approximate surface area is 219 Å². The van der Waals surface area contributed by atoms with Crippen molar-refractivity contribution in [2.24, 2.45) is 0 Å². The molecule has 0 aliphatic carbocycles. The fourth-order valence-electron chi connectivity index (χ4n) is 4.66. The van der Waals surface area contributed by atoms with E-state index in [2.05, 4.69) is 26.5 Å². The van der Waals surface area contributed by atoms with Crippen LogP contribution in [0.4, 0.5) is 11.5 Å². The molecule has 0 bridgehead atoms. The predicted molar refractivity (Wildman–Crippen MR) is 145 cm³/mol.